The van der Waals surface area contributed by atoms with Gasteiger partial charge in [-0.2, -0.15) is 0 Å². The zero-order valence-electron chi connectivity index (χ0n) is 14.5. The first-order chi connectivity index (χ1) is 10.0. The first kappa shape index (κ1) is 19.3. The van der Waals surface area contributed by atoms with Crippen LogP contribution in [0.25, 0.3) is 0 Å². The van der Waals surface area contributed by atoms with Crippen LogP contribution in [0.2, 0.25) is 18.1 Å². The third-order valence-corrected chi connectivity index (χ3v) is 8.82. The summed E-state index contributed by atoms with van der Waals surface area (Å²) in [5, 5.41) is 10.2. The molecule has 126 valence electrons. The Hall–Kier alpha value is -0.753. The zero-order valence-corrected chi connectivity index (χ0v) is 15.5. The van der Waals surface area contributed by atoms with Gasteiger partial charge in [-0.15, -0.1) is 0 Å². The minimum absolute atomic E-state index is 0.120. The molecule has 0 bridgehead atoms. The van der Waals surface area contributed by atoms with Crippen LogP contribution in [0.15, 0.2) is 24.3 Å². The van der Waals surface area contributed by atoms with Crippen LogP contribution in [-0.4, -0.2) is 32.7 Å². The van der Waals surface area contributed by atoms with E-state index in [1.165, 1.54) is 12.1 Å². The smallest absolute Gasteiger partial charge is 0.192 e. The van der Waals surface area contributed by atoms with Crippen LogP contribution in [0.4, 0.5) is 4.39 Å². The molecule has 0 heterocycles. The van der Waals surface area contributed by atoms with E-state index in [0.29, 0.717) is 0 Å². The van der Waals surface area contributed by atoms with Crippen molar-refractivity contribution in [3.63, 3.8) is 0 Å². The van der Waals surface area contributed by atoms with E-state index in [9.17, 15) is 9.50 Å². The van der Waals surface area contributed by atoms with Crippen molar-refractivity contribution in [2.45, 2.75) is 58.0 Å². The molecule has 22 heavy (non-hydrogen) atoms. The molecule has 0 fully saturated rings. The Morgan fingerprint density at radius 1 is 1.14 bits per heavy atom. The highest BCUT2D eigenvalue weighted by molar-refractivity contribution is 6.74. The van der Waals surface area contributed by atoms with E-state index < -0.39 is 14.4 Å². The summed E-state index contributed by atoms with van der Waals surface area (Å²) < 4.78 is 24.5. The summed E-state index contributed by atoms with van der Waals surface area (Å²) in [4.78, 5) is 0. The molecule has 2 atom stereocenters. The molecule has 0 saturated carbocycles. The van der Waals surface area contributed by atoms with Crippen molar-refractivity contribution in [3.8, 4) is 0 Å². The van der Waals surface area contributed by atoms with Crippen molar-refractivity contribution in [2.75, 3.05) is 13.2 Å². The van der Waals surface area contributed by atoms with Crippen molar-refractivity contribution in [1.29, 1.82) is 0 Å². The van der Waals surface area contributed by atoms with Gasteiger partial charge in [0.2, 0.25) is 0 Å². The minimum Gasteiger partial charge on any atom is -0.414 e. The normalized spacial score (nSPS) is 15.6. The molecular formula is C17H29FO3Si. The van der Waals surface area contributed by atoms with E-state index in [-0.39, 0.29) is 30.2 Å². The molecule has 1 N–H and O–H groups in total. The first-order valence-corrected chi connectivity index (χ1v) is 10.6. The van der Waals surface area contributed by atoms with Gasteiger partial charge in [-0.3, -0.25) is 0 Å². The molecular weight excluding hydrogens is 299 g/mol. The zero-order chi connectivity index (χ0) is 17.0. The molecule has 0 spiro atoms. The van der Waals surface area contributed by atoms with Crippen LogP contribution in [-0.2, 0) is 9.16 Å². The van der Waals surface area contributed by atoms with E-state index in [0.717, 1.165) is 5.56 Å². The summed E-state index contributed by atoms with van der Waals surface area (Å²) in [5.41, 5.74) is 0.888. The maximum Gasteiger partial charge on any atom is 0.192 e. The van der Waals surface area contributed by atoms with Gasteiger partial charge in [-0.05, 0) is 42.8 Å². The highest BCUT2D eigenvalue weighted by Crippen LogP contribution is 2.36. The Morgan fingerprint density at radius 2 is 1.68 bits per heavy atom. The highest BCUT2D eigenvalue weighted by Gasteiger charge is 2.37. The largest absolute Gasteiger partial charge is 0.414 e. The Morgan fingerprint density at radius 3 is 2.18 bits per heavy atom. The van der Waals surface area contributed by atoms with E-state index in [1.54, 1.807) is 12.1 Å². The summed E-state index contributed by atoms with van der Waals surface area (Å²) >= 11 is 0. The lowest BCUT2D eigenvalue weighted by molar-refractivity contribution is -0.0213. The average molecular weight is 328 g/mol. The van der Waals surface area contributed by atoms with E-state index in [4.69, 9.17) is 9.16 Å². The maximum absolute atomic E-state index is 12.9. The molecule has 0 aliphatic carbocycles. The number of halogens is 1. The topological polar surface area (TPSA) is 38.7 Å². The molecule has 1 unspecified atom stereocenters. The van der Waals surface area contributed by atoms with Gasteiger partial charge in [0.25, 0.3) is 0 Å². The SMILES string of the molecule is C[C@H](OCC(O)CO[Si](C)(C)C(C)(C)C)c1ccc(F)cc1. The van der Waals surface area contributed by atoms with Crippen molar-refractivity contribution in [1.82, 2.24) is 0 Å². The van der Waals surface area contributed by atoms with Crippen LogP contribution in [0.3, 0.4) is 0 Å². The van der Waals surface area contributed by atoms with E-state index >= 15 is 0 Å². The second kappa shape index (κ2) is 7.68. The summed E-state index contributed by atoms with van der Waals surface area (Å²) in [6.45, 7) is 13.2. The first-order valence-electron chi connectivity index (χ1n) is 7.72. The van der Waals surface area contributed by atoms with Gasteiger partial charge < -0.3 is 14.3 Å². The maximum atomic E-state index is 12.9. The molecule has 5 heteroatoms. The fourth-order valence-corrected chi connectivity index (χ4v) is 2.70. The predicted molar refractivity (Wildman–Crippen MR) is 89.9 cm³/mol. The second-order valence-corrected chi connectivity index (χ2v) is 12.1. The number of ether oxygens (including phenoxy) is 1. The molecule has 0 amide bonds. The number of rotatable bonds is 7. The fraction of sp³-hybridized carbons (Fsp3) is 0.647. The van der Waals surface area contributed by atoms with Gasteiger partial charge in [-0.1, -0.05) is 32.9 Å². The summed E-state index contributed by atoms with van der Waals surface area (Å²) in [6.07, 6.45) is -0.847. The fourth-order valence-electron chi connectivity index (χ4n) is 1.65. The number of aliphatic hydroxyl groups is 1. The van der Waals surface area contributed by atoms with Gasteiger partial charge in [0.15, 0.2) is 8.32 Å². The standard InChI is InChI=1S/C17H29FO3Si/c1-13(14-7-9-15(18)10-8-14)20-11-16(19)12-21-22(5,6)17(2,3)4/h7-10,13,16,19H,11-12H2,1-6H3/t13-,16?/m0/s1. The monoisotopic (exact) mass is 328 g/mol. The second-order valence-electron chi connectivity index (χ2n) is 7.25. The third kappa shape index (κ3) is 5.80. The van der Waals surface area contributed by atoms with Crippen molar-refractivity contribution >= 4 is 8.32 Å². The summed E-state index contributed by atoms with van der Waals surface area (Å²) in [6, 6.07) is 6.20. The van der Waals surface area contributed by atoms with Gasteiger partial charge in [0.05, 0.1) is 25.4 Å². The minimum atomic E-state index is -1.85. The molecule has 0 aliphatic heterocycles. The molecule has 3 nitrogen and oxygen atoms in total. The van der Waals surface area contributed by atoms with Crippen molar-refractivity contribution in [2.24, 2.45) is 0 Å². The van der Waals surface area contributed by atoms with Crippen molar-refractivity contribution < 1.29 is 18.7 Å². The van der Waals surface area contributed by atoms with Crippen molar-refractivity contribution in [3.05, 3.63) is 35.6 Å². The van der Waals surface area contributed by atoms with Gasteiger partial charge in [-0.25, -0.2) is 4.39 Å². The lowest BCUT2D eigenvalue weighted by Crippen LogP contribution is -2.43. The molecule has 1 aromatic carbocycles. The Bertz CT molecular complexity index is 454. The Labute approximate surface area is 134 Å². The lowest BCUT2D eigenvalue weighted by Gasteiger charge is -2.36. The lowest BCUT2D eigenvalue weighted by atomic mass is 10.1. The predicted octanol–water partition coefficient (Wildman–Crippen LogP) is 4.29. The summed E-state index contributed by atoms with van der Waals surface area (Å²) in [5.74, 6) is -0.265. The molecule has 0 radical (unpaired) electrons. The van der Waals surface area contributed by atoms with Gasteiger partial charge in [0, 0.05) is 0 Å². The number of hydrogen-bond donors (Lipinski definition) is 1. The van der Waals surface area contributed by atoms with Crippen LogP contribution < -0.4 is 0 Å². The molecule has 1 rings (SSSR count). The number of aliphatic hydroxyl groups excluding tert-OH is 1. The Kier molecular flexibility index (Phi) is 6.74. The average Bonchev–Trinajstić information content (AvgIpc) is 2.42. The third-order valence-electron chi connectivity index (χ3n) is 4.32. The van der Waals surface area contributed by atoms with E-state index in [2.05, 4.69) is 33.9 Å². The van der Waals surface area contributed by atoms with Gasteiger partial charge >= 0.3 is 0 Å². The Balaban J connectivity index is 2.40. The van der Waals surface area contributed by atoms with Gasteiger partial charge in [0.1, 0.15) is 5.82 Å². The van der Waals surface area contributed by atoms with Crippen LogP contribution in [0.1, 0.15) is 39.4 Å². The van der Waals surface area contributed by atoms with Crippen LogP contribution >= 0.6 is 0 Å². The highest BCUT2D eigenvalue weighted by atomic mass is 28.4. The van der Waals surface area contributed by atoms with E-state index in [1.807, 2.05) is 6.92 Å². The van der Waals surface area contributed by atoms with Crippen LogP contribution in [0, 0.1) is 5.82 Å². The van der Waals surface area contributed by atoms with Crippen LogP contribution in [0.5, 0.6) is 0 Å². The number of benzene rings is 1. The molecule has 0 aromatic heterocycles. The molecule has 1 aromatic rings. The summed E-state index contributed by atoms with van der Waals surface area (Å²) in [7, 11) is -1.85. The number of hydrogen-bond acceptors (Lipinski definition) is 3. The molecule has 0 saturated heterocycles. The quantitative estimate of drug-likeness (QED) is 0.759. The molecule has 0 aliphatic rings.